The highest BCUT2D eigenvalue weighted by Crippen LogP contribution is 2.18. The molecule has 0 aliphatic heterocycles. The zero-order chi connectivity index (χ0) is 11.3. The maximum atomic E-state index is 13.0. The third-order valence-corrected chi connectivity index (χ3v) is 2.76. The Bertz CT molecular complexity index is 341. The first-order valence-electron chi connectivity index (χ1n) is 4.68. The third kappa shape index (κ3) is 3.74. The number of hydrazine groups is 1. The highest BCUT2D eigenvalue weighted by Gasteiger charge is 2.07. The maximum Gasteiger partial charge on any atom is 0.137 e. The van der Waals surface area contributed by atoms with Gasteiger partial charge in [-0.3, -0.25) is 11.3 Å². The number of nitrogens with two attached hydrogens (primary N) is 1. The van der Waals surface area contributed by atoms with Crippen LogP contribution in [0, 0.1) is 5.82 Å². The summed E-state index contributed by atoms with van der Waals surface area (Å²) in [5.41, 5.74) is 3.74. The molecule has 0 spiro atoms. The van der Waals surface area contributed by atoms with Gasteiger partial charge in [-0.1, -0.05) is 12.1 Å². The standard InChI is InChI=1S/C11H14BrFN2/c1-2-3-9(15-14)6-8-4-5-11(13)10(12)7-8/h2,4-5,7,9,15H,1,3,6,14H2. The second-order valence-corrected chi connectivity index (χ2v) is 4.19. The quantitative estimate of drug-likeness (QED) is 0.491. The van der Waals surface area contributed by atoms with E-state index in [1.54, 1.807) is 12.1 Å². The Labute approximate surface area is 97.5 Å². The minimum absolute atomic E-state index is 0.139. The SMILES string of the molecule is C=CCC(Cc1ccc(F)c(Br)c1)NN. The number of halogens is 2. The molecule has 1 aromatic rings. The first-order chi connectivity index (χ1) is 7.17. The average Bonchev–Trinajstić information content (AvgIpc) is 2.23. The molecule has 0 amide bonds. The van der Waals surface area contributed by atoms with E-state index in [0.717, 1.165) is 18.4 Å². The van der Waals surface area contributed by atoms with Crippen LogP contribution in [0.4, 0.5) is 4.39 Å². The lowest BCUT2D eigenvalue weighted by molar-refractivity contribution is 0.530. The van der Waals surface area contributed by atoms with Gasteiger partial charge in [0.2, 0.25) is 0 Å². The molecule has 0 heterocycles. The summed E-state index contributed by atoms with van der Waals surface area (Å²) in [5.74, 6) is 5.14. The predicted molar refractivity (Wildman–Crippen MR) is 63.7 cm³/mol. The Hall–Kier alpha value is -0.710. The van der Waals surface area contributed by atoms with Crippen LogP contribution in [0.1, 0.15) is 12.0 Å². The third-order valence-electron chi connectivity index (χ3n) is 2.15. The Morgan fingerprint density at radius 1 is 1.60 bits per heavy atom. The molecule has 1 atom stereocenters. The number of benzene rings is 1. The fourth-order valence-electron chi connectivity index (χ4n) is 1.36. The van der Waals surface area contributed by atoms with Crippen LogP contribution in [0.25, 0.3) is 0 Å². The molecule has 1 aromatic carbocycles. The van der Waals surface area contributed by atoms with Gasteiger partial charge in [0, 0.05) is 6.04 Å². The molecule has 0 saturated carbocycles. The van der Waals surface area contributed by atoms with Crippen LogP contribution in [-0.4, -0.2) is 6.04 Å². The van der Waals surface area contributed by atoms with Crippen molar-refractivity contribution in [2.45, 2.75) is 18.9 Å². The second-order valence-electron chi connectivity index (χ2n) is 3.34. The molecule has 0 aliphatic rings. The minimum atomic E-state index is -0.250. The largest absolute Gasteiger partial charge is 0.271 e. The monoisotopic (exact) mass is 272 g/mol. The van der Waals surface area contributed by atoms with Gasteiger partial charge in [0.1, 0.15) is 5.82 Å². The van der Waals surface area contributed by atoms with Gasteiger partial charge in [-0.05, 0) is 46.5 Å². The molecule has 0 fully saturated rings. The van der Waals surface area contributed by atoms with Gasteiger partial charge in [-0.2, -0.15) is 0 Å². The van der Waals surface area contributed by atoms with Crippen molar-refractivity contribution in [2.75, 3.05) is 0 Å². The Morgan fingerprint density at radius 2 is 2.33 bits per heavy atom. The summed E-state index contributed by atoms with van der Waals surface area (Å²) in [5, 5.41) is 0. The summed E-state index contributed by atoms with van der Waals surface area (Å²) in [6.45, 7) is 3.66. The topological polar surface area (TPSA) is 38.0 Å². The lowest BCUT2D eigenvalue weighted by Crippen LogP contribution is -2.36. The molecule has 0 aliphatic carbocycles. The van der Waals surface area contributed by atoms with Crippen molar-refractivity contribution in [1.29, 1.82) is 0 Å². The van der Waals surface area contributed by atoms with Crippen molar-refractivity contribution in [3.8, 4) is 0 Å². The van der Waals surface area contributed by atoms with Crippen molar-refractivity contribution in [2.24, 2.45) is 5.84 Å². The van der Waals surface area contributed by atoms with Gasteiger partial charge in [0.25, 0.3) is 0 Å². The van der Waals surface area contributed by atoms with Gasteiger partial charge in [-0.25, -0.2) is 4.39 Å². The Balaban J connectivity index is 2.70. The van der Waals surface area contributed by atoms with Crippen LogP contribution in [0.3, 0.4) is 0 Å². The molecule has 0 bridgehead atoms. The van der Waals surface area contributed by atoms with Crippen molar-refractivity contribution < 1.29 is 4.39 Å². The summed E-state index contributed by atoms with van der Waals surface area (Å²) in [7, 11) is 0. The van der Waals surface area contributed by atoms with E-state index < -0.39 is 0 Å². The summed E-state index contributed by atoms with van der Waals surface area (Å²) in [6.07, 6.45) is 3.34. The maximum absolute atomic E-state index is 13.0. The molecule has 0 aromatic heterocycles. The smallest absolute Gasteiger partial charge is 0.137 e. The molecule has 0 saturated heterocycles. The van der Waals surface area contributed by atoms with Crippen molar-refractivity contribution >= 4 is 15.9 Å². The van der Waals surface area contributed by atoms with Gasteiger partial charge in [0.15, 0.2) is 0 Å². The van der Waals surface area contributed by atoms with E-state index in [9.17, 15) is 4.39 Å². The summed E-state index contributed by atoms with van der Waals surface area (Å²) in [6, 6.07) is 5.11. The van der Waals surface area contributed by atoms with Gasteiger partial charge in [0.05, 0.1) is 4.47 Å². The molecule has 2 nitrogen and oxygen atoms in total. The summed E-state index contributed by atoms with van der Waals surface area (Å²) < 4.78 is 13.4. The van der Waals surface area contributed by atoms with E-state index in [0.29, 0.717) is 4.47 Å². The van der Waals surface area contributed by atoms with E-state index in [2.05, 4.69) is 27.9 Å². The van der Waals surface area contributed by atoms with Gasteiger partial charge < -0.3 is 0 Å². The number of hydrogen-bond acceptors (Lipinski definition) is 2. The average molecular weight is 273 g/mol. The van der Waals surface area contributed by atoms with Crippen LogP contribution < -0.4 is 11.3 Å². The van der Waals surface area contributed by atoms with Crippen LogP contribution in [0.2, 0.25) is 0 Å². The fraction of sp³-hybridized carbons (Fsp3) is 0.273. The lowest BCUT2D eigenvalue weighted by atomic mass is 10.0. The van der Waals surface area contributed by atoms with Crippen LogP contribution in [-0.2, 0) is 6.42 Å². The number of hydrogen-bond donors (Lipinski definition) is 2. The van der Waals surface area contributed by atoms with E-state index in [1.165, 1.54) is 6.07 Å². The fourth-order valence-corrected chi connectivity index (χ4v) is 1.79. The first-order valence-corrected chi connectivity index (χ1v) is 5.47. The molecule has 82 valence electrons. The van der Waals surface area contributed by atoms with Crippen LogP contribution in [0.15, 0.2) is 35.3 Å². The van der Waals surface area contributed by atoms with E-state index in [1.807, 2.05) is 6.08 Å². The van der Waals surface area contributed by atoms with Gasteiger partial charge in [-0.15, -0.1) is 6.58 Å². The molecule has 3 N–H and O–H groups in total. The molecule has 1 rings (SSSR count). The molecule has 4 heteroatoms. The number of rotatable bonds is 5. The van der Waals surface area contributed by atoms with E-state index >= 15 is 0 Å². The zero-order valence-electron chi connectivity index (χ0n) is 8.34. The summed E-state index contributed by atoms with van der Waals surface area (Å²) >= 11 is 3.15. The van der Waals surface area contributed by atoms with E-state index in [-0.39, 0.29) is 11.9 Å². The Morgan fingerprint density at radius 3 is 2.87 bits per heavy atom. The van der Waals surface area contributed by atoms with Crippen LogP contribution >= 0.6 is 15.9 Å². The van der Waals surface area contributed by atoms with Crippen LogP contribution in [0.5, 0.6) is 0 Å². The predicted octanol–water partition coefficient (Wildman–Crippen LogP) is 2.54. The second kappa shape index (κ2) is 6.00. The lowest BCUT2D eigenvalue weighted by Gasteiger charge is -2.13. The normalized spacial score (nSPS) is 12.5. The zero-order valence-corrected chi connectivity index (χ0v) is 9.93. The first kappa shape index (κ1) is 12.4. The Kier molecular flexibility index (Phi) is 4.94. The van der Waals surface area contributed by atoms with Crippen molar-refractivity contribution in [3.05, 3.63) is 46.7 Å². The molecule has 0 radical (unpaired) electrons. The molecular formula is C11H14BrFN2. The number of nitrogens with one attached hydrogen (secondary N) is 1. The van der Waals surface area contributed by atoms with E-state index in [4.69, 9.17) is 5.84 Å². The molecule has 15 heavy (non-hydrogen) atoms. The van der Waals surface area contributed by atoms with Gasteiger partial charge >= 0.3 is 0 Å². The molecular weight excluding hydrogens is 259 g/mol. The highest BCUT2D eigenvalue weighted by atomic mass is 79.9. The summed E-state index contributed by atoms with van der Waals surface area (Å²) in [4.78, 5) is 0. The van der Waals surface area contributed by atoms with Crippen molar-refractivity contribution in [3.63, 3.8) is 0 Å². The minimum Gasteiger partial charge on any atom is -0.271 e. The highest BCUT2D eigenvalue weighted by molar-refractivity contribution is 9.10. The van der Waals surface area contributed by atoms with Crippen molar-refractivity contribution in [1.82, 2.24) is 5.43 Å². The molecule has 1 unspecified atom stereocenters.